The molecule has 0 spiro atoms. The Balaban J connectivity index is 1.48. The number of nitrogens with one attached hydrogen (secondary N) is 2. The predicted molar refractivity (Wildman–Crippen MR) is 220 cm³/mol. The number of carbonyl (C=O) groups is 1. The Labute approximate surface area is 322 Å². The molecular weight excluding hydrogens is 697 g/mol. The van der Waals surface area contributed by atoms with Crippen molar-refractivity contribution < 1.29 is 15.0 Å². The number of aromatic nitrogens is 4. The zero-order valence-electron chi connectivity index (χ0n) is 30.6. The molecule has 4 N–H and O–H groups in total. The summed E-state index contributed by atoms with van der Waals surface area (Å²) in [6.07, 6.45) is 4.10. The van der Waals surface area contributed by atoms with Gasteiger partial charge in [-0.2, -0.15) is 0 Å². The van der Waals surface area contributed by atoms with Crippen LogP contribution in [0.2, 0.25) is 0 Å². The smallest absolute Gasteiger partial charge is 0.324 e. The van der Waals surface area contributed by atoms with Crippen molar-refractivity contribution in [1.29, 1.82) is 0 Å². The molecule has 2 atom stereocenters. The molecule has 8 bridgehead atoms. The molecule has 9 nitrogen and oxygen atoms in total. The Morgan fingerprint density at radius 1 is 0.446 bits per heavy atom. The van der Waals surface area contributed by atoms with Gasteiger partial charge in [0.25, 0.3) is 0 Å². The van der Waals surface area contributed by atoms with Gasteiger partial charge in [0, 0.05) is 58.4 Å². The molecule has 272 valence electrons. The lowest BCUT2D eigenvalue weighted by Gasteiger charge is -2.36. The summed E-state index contributed by atoms with van der Waals surface area (Å²) in [6, 6.07) is 46.8. The van der Waals surface area contributed by atoms with Crippen LogP contribution in [-0.2, 0) is 11.4 Å². The van der Waals surface area contributed by atoms with Crippen molar-refractivity contribution in [2.75, 3.05) is 14.1 Å². The lowest BCUT2D eigenvalue weighted by Crippen LogP contribution is -2.53. The lowest BCUT2D eigenvalue weighted by molar-refractivity contribution is -0.229. The molecule has 3 aliphatic rings. The quantitative estimate of drug-likeness (QED) is 0.144. The molecule has 56 heavy (non-hydrogen) atoms. The summed E-state index contributed by atoms with van der Waals surface area (Å²) in [4.78, 5) is 34.4. The number of nitrogens with zero attached hydrogens (tertiary/aromatic N) is 4. The monoisotopic (exact) mass is 732 g/mol. The second-order valence-electron chi connectivity index (χ2n) is 14.3. The van der Waals surface area contributed by atoms with Crippen LogP contribution in [0.3, 0.4) is 0 Å². The molecule has 6 heterocycles. The molecule has 10 rings (SSSR count). The molecule has 9 heteroatoms. The van der Waals surface area contributed by atoms with Gasteiger partial charge in [-0.3, -0.25) is 9.80 Å². The van der Waals surface area contributed by atoms with Crippen molar-refractivity contribution in [3.05, 3.63) is 168 Å². The number of aromatic amines is 2. The Kier molecular flexibility index (Phi) is 7.47. The van der Waals surface area contributed by atoms with Crippen LogP contribution in [0.1, 0.15) is 22.8 Å². The summed E-state index contributed by atoms with van der Waals surface area (Å²) in [5.41, 5.74) is 6.18. The van der Waals surface area contributed by atoms with E-state index in [0.717, 1.165) is 55.8 Å². The number of carbonyl (C=O) groups excluding carboxylic acids is 1. The van der Waals surface area contributed by atoms with Gasteiger partial charge >= 0.3 is 6.03 Å². The van der Waals surface area contributed by atoms with Crippen molar-refractivity contribution in [2.24, 2.45) is 0 Å². The second kappa shape index (κ2) is 12.5. The molecule has 3 aromatic heterocycles. The highest BCUT2D eigenvalue weighted by Crippen LogP contribution is 2.57. The number of amides is 2. The first-order valence-electron chi connectivity index (χ1n) is 18.5. The average Bonchev–Trinajstić information content (AvgIpc) is 4.07. The zero-order valence-corrected chi connectivity index (χ0v) is 30.6. The molecule has 0 saturated carbocycles. The van der Waals surface area contributed by atoms with E-state index >= 15 is 0 Å². The largest absolute Gasteiger partial charge is 0.361 e. The number of H-pyrrole nitrogens is 2. The van der Waals surface area contributed by atoms with Crippen LogP contribution < -0.4 is 0 Å². The highest BCUT2D eigenvalue weighted by Gasteiger charge is 2.72. The molecule has 0 unspecified atom stereocenters. The van der Waals surface area contributed by atoms with E-state index in [0.29, 0.717) is 22.2 Å². The molecule has 2 amide bonds. The van der Waals surface area contributed by atoms with E-state index in [1.165, 1.54) is 23.9 Å². The fourth-order valence-corrected chi connectivity index (χ4v) is 8.50. The van der Waals surface area contributed by atoms with Gasteiger partial charge in [-0.15, -0.1) is 0 Å². The second-order valence-corrected chi connectivity index (χ2v) is 14.3. The van der Waals surface area contributed by atoms with Gasteiger partial charge in [-0.1, -0.05) is 121 Å². The summed E-state index contributed by atoms with van der Waals surface area (Å²) in [7, 11) is 2.99. The predicted octanol–water partition coefficient (Wildman–Crippen LogP) is 9.14. The van der Waals surface area contributed by atoms with E-state index in [1.54, 1.807) is 0 Å². The van der Waals surface area contributed by atoms with Gasteiger partial charge in [-0.25, -0.2) is 14.8 Å². The summed E-state index contributed by atoms with van der Waals surface area (Å²) in [5.74, 6) is 0. The number of fused-ring (bicyclic) bond motifs is 11. The van der Waals surface area contributed by atoms with Gasteiger partial charge in [0.1, 0.15) is 11.4 Å². The molecule has 1 saturated heterocycles. The third-order valence-electron chi connectivity index (χ3n) is 11.2. The molecular formula is C47H36N6O3. The van der Waals surface area contributed by atoms with E-state index in [-0.39, 0.29) is 11.4 Å². The fraction of sp³-hybridized carbons (Fsp3) is 0.0851. The SMILES string of the molecule is CN1C(=O)N(C)[C@@]2(O)c3nc(c(-c4ccccc4)c4ccc([nH]4)c(-c4ccccc4)c4nc(c(-c5ccccc5)c5ccc([nH]5)c3-c3ccccc3)C=C4)[C@@]12O. The van der Waals surface area contributed by atoms with Crippen LogP contribution in [0.15, 0.2) is 146 Å². The molecule has 3 aliphatic heterocycles. The molecule has 7 aromatic rings. The van der Waals surface area contributed by atoms with Crippen LogP contribution in [0.4, 0.5) is 4.79 Å². The summed E-state index contributed by atoms with van der Waals surface area (Å²) < 4.78 is 0. The Bertz CT molecular complexity index is 2700. The normalized spacial score (nSPS) is 18.8. The molecule has 0 radical (unpaired) electrons. The number of rotatable bonds is 4. The number of hydrogen-bond donors (Lipinski definition) is 4. The average molecular weight is 733 g/mol. The standard InChI is InChI=1S/C47H36N6O3/c1-52-45(54)53(2)47(56)44-42(32-21-13-6-14-22-32)38-28-26-36(50-38)40(30-17-9-4-10-18-30)34-24-23-33(48-34)39(29-15-7-3-8-16-29)35-25-27-37(49-35)41(31-19-11-5-12-20-31)43(51-44)46(47,52)55/h3-28,49-50,55-56H,1-2H3/t46-,47+. The molecule has 1 fully saturated rings. The first kappa shape index (κ1) is 33.5. The maximum Gasteiger partial charge on any atom is 0.324 e. The van der Waals surface area contributed by atoms with Gasteiger partial charge in [0.15, 0.2) is 0 Å². The lowest BCUT2D eigenvalue weighted by atomic mass is 9.88. The highest BCUT2D eigenvalue weighted by molar-refractivity contribution is 5.98. The van der Waals surface area contributed by atoms with Crippen LogP contribution in [0, 0.1) is 0 Å². The van der Waals surface area contributed by atoms with Crippen LogP contribution in [-0.4, -0.2) is 60.1 Å². The highest BCUT2D eigenvalue weighted by atomic mass is 16.4. The Morgan fingerprint density at radius 3 is 1.09 bits per heavy atom. The summed E-state index contributed by atoms with van der Waals surface area (Å²) in [6.45, 7) is 0. The van der Waals surface area contributed by atoms with Crippen LogP contribution in [0.5, 0.6) is 0 Å². The van der Waals surface area contributed by atoms with Crippen molar-refractivity contribution in [1.82, 2.24) is 29.7 Å². The summed E-state index contributed by atoms with van der Waals surface area (Å²) >= 11 is 0. The maximum atomic E-state index is 14.0. The first-order valence-corrected chi connectivity index (χ1v) is 18.5. The third-order valence-corrected chi connectivity index (χ3v) is 11.2. The van der Waals surface area contributed by atoms with Gasteiger partial charge in [-0.05, 0) is 58.7 Å². The van der Waals surface area contributed by atoms with Crippen LogP contribution in [0.25, 0.3) is 78.7 Å². The van der Waals surface area contributed by atoms with E-state index in [1.807, 2.05) is 133 Å². The van der Waals surface area contributed by atoms with E-state index < -0.39 is 17.5 Å². The number of urea groups is 1. The van der Waals surface area contributed by atoms with E-state index in [9.17, 15) is 15.0 Å². The van der Waals surface area contributed by atoms with Crippen LogP contribution >= 0.6 is 0 Å². The van der Waals surface area contributed by atoms with Crippen molar-refractivity contribution in [2.45, 2.75) is 11.4 Å². The minimum atomic E-state index is -2.32. The van der Waals surface area contributed by atoms with E-state index in [4.69, 9.17) is 9.97 Å². The van der Waals surface area contributed by atoms with Gasteiger partial charge in [0.05, 0.1) is 11.4 Å². The van der Waals surface area contributed by atoms with E-state index in [2.05, 4.69) is 34.2 Å². The third kappa shape index (κ3) is 4.71. The molecule has 0 aliphatic carbocycles. The number of likely N-dealkylation sites (N-methyl/N-ethyl adjacent to an activating group) is 2. The Morgan fingerprint density at radius 2 is 0.750 bits per heavy atom. The minimum Gasteiger partial charge on any atom is -0.361 e. The van der Waals surface area contributed by atoms with Crippen molar-refractivity contribution >= 4 is 40.2 Å². The van der Waals surface area contributed by atoms with Crippen molar-refractivity contribution in [3.8, 4) is 44.5 Å². The summed E-state index contributed by atoms with van der Waals surface area (Å²) in [5, 5.41) is 26.4. The molecule has 4 aromatic carbocycles. The number of hydrogen-bond acceptors (Lipinski definition) is 5. The topological polar surface area (TPSA) is 121 Å². The van der Waals surface area contributed by atoms with Crippen molar-refractivity contribution in [3.63, 3.8) is 0 Å². The first-order chi connectivity index (χ1) is 27.3. The minimum absolute atomic E-state index is 0.119. The number of benzene rings is 4. The maximum absolute atomic E-state index is 14.0. The van der Waals surface area contributed by atoms with Gasteiger partial charge in [0.2, 0.25) is 11.4 Å². The Hall–Kier alpha value is -7.07. The number of aliphatic hydroxyl groups is 2. The van der Waals surface area contributed by atoms with Gasteiger partial charge < -0.3 is 20.2 Å². The fourth-order valence-electron chi connectivity index (χ4n) is 8.50. The zero-order chi connectivity index (χ0) is 38.2.